The lowest BCUT2D eigenvalue weighted by Gasteiger charge is -2.14. The summed E-state index contributed by atoms with van der Waals surface area (Å²) in [6, 6.07) is 10.6. The Morgan fingerprint density at radius 2 is 1.88 bits per heavy atom. The van der Waals surface area contributed by atoms with Crippen LogP contribution in [0.15, 0.2) is 47.6 Å². The van der Waals surface area contributed by atoms with Gasteiger partial charge in [-0.2, -0.15) is 0 Å². The maximum absolute atomic E-state index is 12.9. The van der Waals surface area contributed by atoms with Crippen LogP contribution in [0.1, 0.15) is 11.1 Å². The van der Waals surface area contributed by atoms with Crippen molar-refractivity contribution < 1.29 is 4.39 Å². The smallest absolute Gasteiger partial charge is 0.191 e. The Balaban J connectivity index is 1.80. The van der Waals surface area contributed by atoms with Crippen LogP contribution in [0, 0.1) is 5.82 Å². The van der Waals surface area contributed by atoms with Crippen LogP contribution in [0.5, 0.6) is 0 Å². The zero-order valence-electron chi connectivity index (χ0n) is 14.4. The molecule has 0 amide bonds. The molecule has 2 aromatic rings. The molecule has 6 heteroatoms. The molecule has 0 aliphatic carbocycles. The Hall–Kier alpha value is -2.63. The van der Waals surface area contributed by atoms with Crippen LogP contribution in [-0.2, 0) is 13.0 Å². The monoisotopic (exact) mass is 329 g/mol. The van der Waals surface area contributed by atoms with E-state index in [1.54, 1.807) is 25.4 Å². The quantitative estimate of drug-likeness (QED) is 0.630. The van der Waals surface area contributed by atoms with E-state index in [2.05, 4.69) is 20.6 Å². The van der Waals surface area contributed by atoms with Crippen molar-refractivity contribution in [1.82, 2.24) is 15.6 Å². The highest BCUT2D eigenvalue weighted by Crippen LogP contribution is 2.09. The van der Waals surface area contributed by atoms with Crippen LogP contribution < -0.4 is 15.5 Å². The number of hydrogen-bond acceptors (Lipinski definition) is 3. The maximum Gasteiger partial charge on any atom is 0.191 e. The van der Waals surface area contributed by atoms with Gasteiger partial charge in [0.2, 0.25) is 0 Å². The minimum atomic E-state index is -0.210. The SMILES string of the molecule is CN=C(NCCc1ccc(F)cc1)NCc1ccnc(N(C)C)c1. The molecule has 2 N–H and O–H groups in total. The second-order valence-electron chi connectivity index (χ2n) is 5.65. The molecule has 1 heterocycles. The van der Waals surface area contributed by atoms with Crippen molar-refractivity contribution in [3.63, 3.8) is 0 Å². The number of aromatic nitrogens is 1. The second-order valence-corrected chi connectivity index (χ2v) is 5.65. The summed E-state index contributed by atoms with van der Waals surface area (Å²) in [7, 11) is 5.68. The van der Waals surface area contributed by atoms with Crippen LogP contribution in [0.3, 0.4) is 0 Å². The van der Waals surface area contributed by atoms with Crippen molar-refractivity contribution in [2.24, 2.45) is 4.99 Å². The number of hydrogen-bond donors (Lipinski definition) is 2. The number of nitrogens with zero attached hydrogens (tertiary/aromatic N) is 3. The highest BCUT2D eigenvalue weighted by Gasteiger charge is 2.02. The van der Waals surface area contributed by atoms with Gasteiger partial charge >= 0.3 is 0 Å². The molecule has 0 saturated heterocycles. The van der Waals surface area contributed by atoms with Gasteiger partial charge in [-0.15, -0.1) is 0 Å². The molecule has 0 saturated carbocycles. The van der Waals surface area contributed by atoms with Gasteiger partial charge in [-0.25, -0.2) is 9.37 Å². The Labute approximate surface area is 142 Å². The average Bonchev–Trinajstić information content (AvgIpc) is 2.59. The molecule has 0 unspecified atom stereocenters. The largest absolute Gasteiger partial charge is 0.363 e. The first kappa shape index (κ1) is 17.7. The van der Waals surface area contributed by atoms with Gasteiger partial charge in [0.25, 0.3) is 0 Å². The topological polar surface area (TPSA) is 52.6 Å². The molecule has 1 aromatic heterocycles. The molecule has 0 aliphatic heterocycles. The van der Waals surface area contributed by atoms with E-state index in [9.17, 15) is 4.39 Å². The van der Waals surface area contributed by atoms with Crippen LogP contribution >= 0.6 is 0 Å². The fourth-order valence-electron chi connectivity index (χ4n) is 2.20. The molecule has 0 bridgehead atoms. The van der Waals surface area contributed by atoms with E-state index >= 15 is 0 Å². The van der Waals surface area contributed by atoms with Gasteiger partial charge in [-0.3, -0.25) is 4.99 Å². The minimum Gasteiger partial charge on any atom is -0.363 e. The number of guanidine groups is 1. The van der Waals surface area contributed by atoms with Crippen LogP contribution in [0.2, 0.25) is 0 Å². The number of nitrogens with one attached hydrogen (secondary N) is 2. The first-order valence-electron chi connectivity index (χ1n) is 7.89. The van der Waals surface area contributed by atoms with E-state index in [1.165, 1.54) is 12.1 Å². The summed E-state index contributed by atoms with van der Waals surface area (Å²) in [5.41, 5.74) is 2.22. The first-order chi connectivity index (χ1) is 11.6. The van der Waals surface area contributed by atoms with Gasteiger partial charge < -0.3 is 15.5 Å². The Bertz CT molecular complexity index is 667. The molecule has 128 valence electrons. The first-order valence-corrected chi connectivity index (χ1v) is 7.89. The second kappa shape index (κ2) is 8.86. The van der Waals surface area contributed by atoms with E-state index < -0.39 is 0 Å². The zero-order chi connectivity index (χ0) is 17.4. The van der Waals surface area contributed by atoms with E-state index in [1.807, 2.05) is 31.1 Å². The number of halogens is 1. The summed E-state index contributed by atoms with van der Waals surface area (Å²) in [5, 5.41) is 6.54. The maximum atomic E-state index is 12.9. The van der Waals surface area contributed by atoms with Crippen molar-refractivity contribution >= 4 is 11.8 Å². The molecular formula is C18H24FN5. The van der Waals surface area contributed by atoms with Crippen molar-refractivity contribution in [2.75, 3.05) is 32.6 Å². The standard InChI is InChI=1S/C18H24FN5/c1-20-18(22-11-8-14-4-6-16(19)7-5-14)23-13-15-9-10-21-17(12-15)24(2)3/h4-7,9-10,12H,8,11,13H2,1-3H3,(H2,20,22,23). The van der Waals surface area contributed by atoms with Gasteiger partial charge in [-0.1, -0.05) is 12.1 Å². The molecule has 24 heavy (non-hydrogen) atoms. The van der Waals surface area contributed by atoms with Crippen molar-refractivity contribution in [3.8, 4) is 0 Å². The van der Waals surface area contributed by atoms with Crippen LogP contribution in [-0.4, -0.2) is 38.6 Å². The summed E-state index contributed by atoms with van der Waals surface area (Å²) in [5.74, 6) is 1.45. The lowest BCUT2D eigenvalue weighted by atomic mass is 10.1. The lowest BCUT2D eigenvalue weighted by Crippen LogP contribution is -2.37. The van der Waals surface area contributed by atoms with Gasteiger partial charge in [0.05, 0.1) is 0 Å². The molecular weight excluding hydrogens is 305 g/mol. The summed E-state index contributed by atoms with van der Waals surface area (Å²) >= 11 is 0. The summed E-state index contributed by atoms with van der Waals surface area (Å²) in [6.45, 7) is 1.39. The average molecular weight is 329 g/mol. The van der Waals surface area contributed by atoms with E-state index in [4.69, 9.17) is 0 Å². The van der Waals surface area contributed by atoms with Crippen molar-refractivity contribution in [3.05, 3.63) is 59.5 Å². The summed E-state index contributed by atoms with van der Waals surface area (Å²) < 4.78 is 12.9. The summed E-state index contributed by atoms with van der Waals surface area (Å²) in [4.78, 5) is 10.5. The predicted octanol–water partition coefficient (Wildman–Crippen LogP) is 2.19. The zero-order valence-corrected chi connectivity index (χ0v) is 14.4. The third-order valence-corrected chi connectivity index (χ3v) is 3.57. The van der Waals surface area contributed by atoms with E-state index in [0.717, 1.165) is 35.9 Å². The number of rotatable bonds is 6. The number of aliphatic imine (C=N–C) groups is 1. The fourth-order valence-corrected chi connectivity index (χ4v) is 2.20. The normalized spacial score (nSPS) is 11.2. The Kier molecular flexibility index (Phi) is 6.54. The Morgan fingerprint density at radius 3 is 2.54 bits per heavy atom. The van der Waals surface area contributed by atoms with Crippen LogP contribution in [0.25, 0.3) is 0 Å². The van der Waals surface area contributed by atoms with Crippen LogP contribution in [0.4, 0.5) is 10.2 Å². The van der Waals surface area contributed by atoms with Gasteiger partial charge in [0.1, 0.15) is 11.6 Å². The Morgan fingerprint density at radius 1 is 1.12 bits per heavy atom. The molecule has 0 aliphatic rings. The molecule has 2 rings (SSSR count). The highest BCUT2D eigenvalue weighted by molar-refractivity contribution is 5.79. The van der Waals surface area contributed by atoms with Gasteiger partial charge in [0.15, 0.2) is 5.96 Å². The minimum absolute atomic E-state index is 0.210. The van der Waals surface area contributed by atoms with E-state index in [-0.39, 0.29) is 5.82 Å². The summed E-state index contributed by atoms with van der Waals surface area (Å²) in [6.07, 6.45) is 2.61. The number of benzene rings is 1. The molecule has 5 nitrogen and oxygen atoms in total. The lowest BCUT2D eigenvalue weighted by molar-refractivity contribution is 0.626. The van der Waals surface area contributed by atoms with Gasteiger partial charge in [-0.05, 0) is 41.8 Å². The number of anilines is 1. The molecule has 0 atom stereocenters. The molecule has 0 spiro atoms. The van der Waals surface area contributed by atoms with Gasteiger partial charge in [0, 0.05) is 40.4 Å². The molecule has 0 fully saturated rings. The molecule has 1 aromatic carbocycles. The van der Waals surface area contributed by atoms with E-state index in [0.29, 0.717) is 6.54 Å². The third-order valence-electron chi connectivity index (χ3n) is 3.57. The van der Waals surface area contributed by atoms with Crippen molar-refractivity contribution in [2.45, 2.75) is 13.0 Å². The third kappa shape index (κ3) is 5.53. The predicted molar refractivity (Wildman–Crippen MR) is 96.9 cm³/mol. The van der Waals surface area contributed by atoms with Crippen molar-refractivity contribution in [1.29, 1.82) is 0 Å². The molecule has 0 radical (unpaired) electrons. The fraction of sp³-hybridized carbons (Fsp3) is 0.333. The number of pyridine rings is 1. The highest BCUT2D eigenvalue weighted by atomic mass is 19.1.